The van der Waals surface area contributed by atoms with Crippen LogP contribution in [0.4, 0.5) is 5.69 Å². The summed E-state index contributed by atoms with van der Waals surface area (Å²) in [6.45, 7) is 2.11. The summed E-state index contributed by atoms with van der Waals surface area (Å²) in [5.74, 6) is 1.67. The van der Waals surface area contributed by atoms with Crippen LogP contribution >= 0.6 is 0 Å². The van der Waals surface area contributed by atoms with Crippen molar-refractivity contribution in [2.45, 2.75) is 50.7 Å². The third-order valence-electron chi connectivity index (χ3n) is 7.94. The van der Waals surface area contributed by atoms with Crippen molar-refractivity contribution < 1.29 is 9.53 Å². The van der Waals surface area contributed by atoms with Gasteiger partial charge in [0.15, 0.2) is 0 Å². The molecular weight excluding hydrogens is 484 g/mol. The summed E-state index contributed by atoms with van der Waals surface area (Å²) in [6.07, 6.45) is 8.68. The second-order valence-electron chi connectivity index (χ2n) is 10.7. The number of rotatable bonds is 8. The van der Waals surface area contributed by atoms with Crippen molar-refractivity contribution in [1.29, 1.82) is 5.41 Å². The Labute approximate surface area is 233 Å². The van der Waals surface area contributed by atoms with E-state index in [0.717, 1.165) is 49.4 Å². The van der Waals surface area contributed by atoms with Crippen molar-refractivity contribution in [3.63, 3.8) is 0 Å². The number of ether oxygens (including phenoxy) is 1. The predicted molar refractivity (Wildman–Crippen MR) is 160 cm³/mol. The van der Waals surface area contributed by atoms with Crippen molar-refractivity contribution in [3.05, 3.63) is 95.1 Å². The number of carbonyl (C=O) groups is 1. The molecule has 0 bridgehead atoms. The molecule has 1 aliphatic heterocycles. The first-order valence-electron chi connectivity index (χ1n) is 14.1. The Hall–Kier alpha value is -3.48. The van der Waals surface area contributed by atoms with E-state index < -0.39 is 0 Å². The molecule has 6 nitrogen and oxygen atoms in total. The summed E-state index contributed by atoms with van der Waals surface area (Å²) in [5, 5.41) is 11.8. The van der Waals surface area contributed by atoms with Gasteiger partial charge in [-0.05, 0) is 93.7 Å². The molecule has 1 unspecified atom stereocenters. The molecule has 1 heterocycles. The lowest BCUT2D eigenvalue weighted by Crippen LogP contribution is -2.35. The number of hydrogen-bond donors (Lipinski definition) is 3. The van der Waals surface area contributed by atoms with Gasteiger partial charge in [0.05, 0.1) is 5.71 Å². The van der Waals surface area contributed by atoms with E-state index in [0.29, 0.717) is 28.6 Å². The summed E-state index contributed by atoms with van der Waals surface area (Å²) in [6, 6.07) is 23.9. The Kier molecular flexibility index (Phi) is 10.3. The van der Waals surface area contributed by atoms with E-state index in [9.17, 15) is 4.79 Å². The van der Waals surface area contributed by atoms with Crippen molar-refractivity contribution >= 4 is 17.7 Å². The first-order valence-corrected chi connectivity index (χ1v) is 14.1. The van der Waals surface area contributed by atoms with E-state index in [1.807, 2.05) is 24.3 Å². The van der Waals surface area contributed by atoms with E-state index in [1.165, 1.54) is 31.2 Å². The van der Waals surface area contributed by atoms with Gasteiger partial charge < -0.3 is 20.7 Å². The molecule has 39 heavy (non-hydrogen) atoms. The Balaban J connectivity index is 0.000000212. The van der Waals surface area contributed by atoms with Crippen LogP contribution in [-0.4, -0.2) is 50.2 Å². The molecule has 0 spiro atoms. The van der Waals surface area contributed by atoms with Crippen molar-refractivity contribution in [1.82, 2.24) is 10.2 Å². The number of carbonyl (C=O) groups excluding carboxylic acids is 1. The minimum Gasteiger partial charge on any atom is -0.490 e. The standard InChI is InChI=1S/C20H23N3O2.C13H19N/c1-23-10-8-17(9-11-23)25-16-5-3-15(4-6-16)20(22)18-12-14(13-24)2-7-19(18)21;1-14-13(12-9-5-6-10-12)11-7-3-2-4-8-11/h2-7,12-13,17,22H,8-11,21H2,1H3;2-4,7-8,12-14H,5-6,9-10H2,1H3. The summed E-state index contributed by atoms with van der Waals surface area (Å²) < 4.78 is 6.04. The molecule has 0 amide bonds. The molecule has 2 fully saturated rings. The second kappa shape index (κ2) is 14.1. The largest absolute Gasteiger partial charge is 0.490 e. The number of nitrogens with two attached hydrogens (primary N) is 1. The van der Waals surface area contributed by atoms with Crippen LogP contribution in [0.3, 0.4) is 0 Å². The number of piperidine rings is 1. The number of nitrogens with one attached hydrogen (secondary N) is 2. The second-order valence-corrected chi connectivity index (χ2v) is 10.7. The van der Waals surface area contributed by atoms with Crippen LogP contribution in [-0.2, 0) is 0 Å². The maximum Gasteiger partial charge on any atom is 0.150 e. The summed E-state index contributed by atoms with van der Waals surface area (Å²) in [5.41, 5.74) is 10.0. The Morgan fingerprint density at radius 2 is 1.67 bits per heavy atom. The topological polar surface area (TPSA) is 91.4 Å². The van der Waals surface area contributed by atoms with Gasteiger partial charge in [0.2, 0.25) is 0 Å². The predicted octanol–water partition coefficient (Wildman–Crippen LogP) is 6.11. The highest BCUT2D eigenvalue weighted by molar-refractivity contribution is 6.14. The molecule has 1 saturated heterocycles. The first-order chi connectivity index (χ1) is 19.0. The summed E-state index contributed by atoms with van der Waals surface area (Å²) in [4.78, 5) is 13.3. The van der Waals surface area contributed by atoms with Gasteiger partial charge in [-0.3, -0.25) is 10.2 Å². The highest BCUT2D eigenvalue weighted by Gasteiger charge is 2.24. The molecule has 3 aromatic carbocycles. The minimum atomic E-state index is 0.251. The molecule has 4 N–H and O–H groups in total. The van der Waals surface area contributed by atoms with Gasteiger partial charge in [-0.2, -0.15) is 0 Å². The number of benzene rings is 3. The van der Waals surface area contributed by atoms with Gasteiger partial charge in [-0.15, -0.1) is 0 Å². The van der Waals surface area contributed by atoms with Crippen LogP contribution in [0.15, 0.2) is 72.8 Å². The van der Waals surface area contributed by atoms with Gasteiger partial charge in [0.1, 0.15) is 18.1 Å². The van der Waals surface area contributed by atoms with Crippen LogP contribution in [0.5, 0.6) is 5.75 Å². The number of aldehydes is 1. The molecule has 1 aliphatic carbocycles. The fourth-order valence-corrected chi connectivity index (χ4v) is 5.64. The van der Waals surface area contributed by atoms with Crippen LogP contribution < -0.4 is 15.8 Å². The molecule has 2 aliphatic rings. The van der Waals surface area contributed by atoms with E-state index in [1.54, 1.807) is 18.2 Å². The van der Waals surface area contributed by atoms with Crippen molar-refractivity contribution in [3.8, 4) is 5.75 Å². The number of hydrogen-bond acceptors (Lipinski definition) is 6. The number of nitrogen functional groups attached to an aromatic ring is 1. The zero-order valence-corrected chi connectivity index (χ0v) is 23.2. The first kappa shape index (κ1) is 28.5. The molecule has 206 valence electrons. The van der Waals surface area contributed by atoms with Gasteiger partial charge in [-0.25, -0.2) is 0 Å². The Morgan fingerprint density at radius 3 is 2.28 bits per heavy atom. The average Bonchev–Trinajstić information content (AvgIpc) is 3.51. The zero-order chi connectivity index (χ0) is 27.6. The Morgan fingerprint density at radius 1 is 1.00 bits per heavy atom. The van der Waals surface area contributed by atoms with Gasteiger partial charge in [0, 0.05) is 41.5 Å². The summed E-state index contributed by atoms with van der Waals surface area (Å²) >= 11 is 0. The molecule has 0 radical (unpaired) electrons. The highest BCUT2D eigenvalue weighted by Crippen LogP contribution is 2.35. The molecular formula is C33H42N4O2. The van der Waals surface area contributed by atoms with Gasteiger partial charge in [0.25, 0.3) is 0 Å². The number of nitrogens with zero attached hydrogens (tertiary/aromatic N) is 1. The molecule has 5 rings (SSSR count). The normalized spacial score (nSPS) is 17.2. The molecule has 0 aromatic heterocycles. The van der Waals surface area contributed by atoms with E-state index in [-0.39, 0.29) is 6.10 Å². The summed E-state index contributed by atoms with van der Waals surface area (Å²) in [7, 11) is 4.21. The maximum absolute atomic E-state index is 11.0. The van der Waals surface area contributed by atoms with E-state index >= 15 is 0 Å². The molecule has 1 saturated carbocycles. The van der Waals surface area contributed by atoms with Gasteiger partial charge >= 0.3 is 0 Å². The van der Waals surface area contributed by atoms with Crippen LogP contribution in [0, 0.1) is 11.3 Å². The third-order valence-corrected chi connectivity index (χ3v) is 7.94. The number of likely N-dealkylation sites (tertiary alicyclic amines) is 1. The monoisotopic (exact) mass is 526 g/mol. The van der Waals surface area contributed by atoms with E-state index in [2.05, 4.69) is 54.6 Å². The van der Waals surface area contributed by atoms with Crippen LogP contribution in [0.25, 0.3) is 0 Å². The van der Waals surface area contributed by atoms with Crippen LogP contribution in [0.1, 0.15) is 71.6 Å². The van der Waals surface area contributed by atoms with Crippen molar-refractivity contribution in [2.75, 3.05) is 32.9 Å². The highest BCUT2D eigenvalue weighted by atomic mass is 16.5. The smallest absolute Gasteiger partial charge is 0.150 e. The zero-order valence-electron chi connectivity index (χ0n) is 23.2. The molecule has 6 heteroatoms. The third kappa shape index (κ3) is 7.78. The fourth-order valence-electron chi connectivity index (χ4n) is 5.64. The van der Waals surface area contributed by atoms with E-state index in [4.69, 9.17) is 15.9 Å². The fraction of sp³-hybridized carbons (Fsp3) is 0.394. The van der Waals surface area contributed by atoms with Crippen molar-refractivity contribution in [2.24, 2.45) is 5.92 Å². The number of anilines is 1. The molecule has 1 atom stereocenters. The lowest BCUT2D eigenvalue weighted by atomic mass is 9.92. The average molecular weight is 527 g/mol. The lowest BCUT2D eigenvalue weighted by molar-refractivity contribution is 0.112. The Bertz CT molecular complexity index is 1200. The maximum atomic E-state index is 11.0. The quantitative estimate of drug-likeness (QED) is 0.187. The van der Waals surface area contributed by atoms with Gasteiger partial charge in [-0.1, -0.05) is 43.2 Å². The lowest BCUT2D eigenvalue weighted by Gasteiger charge is -2.29. The molecule has 3 aromatic rings. The minimum absolute atomic E-state index is 0.251. The van der Waals surface area contributed by atoms with Crippen LogP contribution in [0.2, 0.25) is 0 Å². The SMILES string of the molecule is CN1CCC(Oc2ccc(C(=N)c3cc(C=O)ccc3N)cc2)CC1.CNC(c1ccccc1)C1CCCC1.